The summed E-state index contributed by atoms with van der Waals surface area (Å²) < 4.78 is 0. The van der Waals surface area contributed by atoms with Gasteiger partial charge < -0.3 is 5.32 Å². The summed E-state index contributed by atoms with van der Waals surface area (Å²) in [7, 11) is 2.04. The van der Waals surface area contributed by atoms with E-state index in [0.29, 0.717) is 6.04 Å². The van der Waals surface area contributed by atoms with E-state index >= 15 is 0 Å². The fraction of sp³-hybridized carbons (Fsp3) is 1.00. The molecular weight excluding hydrogens is 148 g/mol. The van der Waals surface area contributed by atoms with Crippen molar-refractivity contribution < 1.29 is 0 Å². The van der Waals surface area contributed by atoms with Crippen LogP contribution in [0.5, 0.6) is 0 Å². The van der Waals surface area contributed by atoms with Gasteiger partial charge in [-0.3, -0.25) is 4.90 Å². The van der Waals surface area contributed by atoms with Gasteiger partial charge in [-0.15, -0.1) is 0 Å². The second-order valence-electron chi connectivity index (χ2n) is 3.86. The van der Waals surface area contributed by atoms with Crippen LogP contribution in [-0.2, 0) is 0 Å². The average Bonchev–Trinajstić information content (AvgIpc) is 2.32. The number of nitrogens with zero attached hydrogens (tertiary/aromatic N) is 1. The normalized spacial score (nSPS) is 23.5. The highest BCUT2D eigenvalue weighted by Crippen LogP contribution is 2.11. The predicted octanol–water partition coefficient (Wildman–Crippen LogP) is 1.47. The number of likely N-dealkylation sites (tertiary alicyclic amines) is 1. The Morgan fingerprint density at radius 3 is 2.25 bits per heavy atom. The van der Waals surface area contributed by atoms with Gasteiger partial charge in [0, 0.05) is 12.6 Å². The molecule has 72 valence electrons. The van der Waals surface area contributed by atoms with Gasteiger partial charge in [0.1, 0.15) is 0 Å². The van der Waals surface area contributed by atoms with Gasteiger partial charge in [0.15, 0.2) is 0 Å². The molecule has 0 saturated carbocycles. The summed E-state index contributed by atoms with van der Waals surface area (Å²) in [5, 5.41) is 3.24. The number of hydrogen-bond acceptors (Lipinski definition) is 2. The van der Waals surface area contributed by atoms with Gasteiger partial charge in [-0.05, 0) is 39.9 Å². The summed E-state index contributed by atoms with van der Waals surface area (Å²) in [5.74, 6) is 0. The molecule has 0 aromatic rings. The molecule has 12 heavy (non-hydrogen) atoms. The first-order valence-corrected chi connectivity index (χ1v) is 5.23. The first-order chi connectivity index (χ1) is 5.84. The van der Waals surface area contributed by atoms with Gasteiger partial charge in [0.25, 0.3) is 0 Å². The molecule has 1 aliphatic rings. The van der Waals surface area contributed by atoms with Gasteiger partial charge >= 0.3 is 0 Å². The van der Waals surface area contributed by atoms with Crippen LogP contribution in [0, 0.1) is 0 Å². The fourth-order valence-corrected chi connectivity index (χ4v) is 1.96. The number of rotatable bonds is 3. The maximum absolute atomic E-state index is 3.24. The Morgan fingerprint density at radius 1 is 1.17 bits per heavy atom. The zero-order chi connectivity index (χ0) is 8.81. The van der Waals surface area contributed by atoms with E-state index in [2.05, 4.69) is 17.1 Å². The summed E-state index contributed by atoms with van der Waals surface area (Å²) in [6.45, 7) is 6.06. The van der Waals surface area contributed by atoms with E-state index < -0.39 is 0 Å². The van der Waals surface area contributed by atoms with Gasteiger partial charge in [-0.2, -0.15) is 0 Å². The third kappa shape index (κ3) is 3.11. The molecular formula is C10H22N2. The van der Waals surface area contributed by atoms with Gasteiger partial charge in [-0.25, -0.2) is 0 Å². The van der Waals surface area contributed by atoms with Crippen LogP contribution in [0.2, 0.25) is 0 Å². The lowest BCUT2D eigenvalue weighted by Gasteiger charge is -2.27. The van der Waals surface area contributed by atoms with Crippen LogP contribution in [-0.4, -0.2) is 37.6 Å². The Morgan fingerprint density at radius 2 is 1.75 bits per heavy atom. The van der Waals surface area contributed by atoms with E-state index in [0.717, 1.165) is 6.54 Å². The molecule has 0 aromatic carbocycles. The van der Waals surface area contributed by atoms with Crippen molar-refractivity contribution in [2.45, 2.75) is 38.6 Å². The molecule has 1 rings (SSSR count). The lowest BCUT2D eigenvalue weighted by atomic mass is 10.2. The van der Waals surface area contributed by atoms with E-state index in [1.807, 2.05) is 7.05 Å². The molecule has 1 aliphatic heterocycles. The van der Waals surface area contributed by atoms with Crippen LogP contribution in [0.15, 0.2) is 0 Å². The minimum atomic E-state index is 0.716. The molecule has 0 spiro atoms. The Kier molecular flexibility index (Phi) is 4.62. The van der Waals surface area contributed by atoms with Crippen LogP contribution in [0.3, 0.4) is 0 Å². The summed E-state index contributed by atoms with van der Waals surface area (Å²) in [6, 6.07) is 0.716. The molecule has 1 fully saturated rings. The molecule has 0 aromatic heterocycles. The van der Waals surface area contributed by atoms with Gasteiger partial charge in [-0.1, -0.05) is 12.8 Å². The second kappa shape index (κ2) is 5.55. The minimum Gasteiger partial charge on any atom is -0.318 e. The molecule has 1 atom stereocenters. The fourth-order valence-electron chi connectivity index (χ4n) is 1.96. The van der Waals surface area contributed by atoms with Gasteiger partial charge in [0.2, 0.25) is 0 Å². The van der Waals surface area contributed by atoms with Crippen molar-refractivity contribution in [1.29, 1.82) is 0 Å². The monoisotopic (exact) mass is 170 g/mol. The molecule has 0 amide bonds. The van der Waals surface area contributed by atoms with E-state index in [1.165, 1.54) is 38.8 Å². The predicted molar refractivity (Wildman–Crippen MR) is 53.4 cm³/mol. The van der Waals surface area contributed by atoms with Gasteiger partial charge in [0.05, 0.1) is 0 Å². The first-order valence-electron chi connectivity index (χ1n) is 5.23. The highest BCUT2D eigenvalue weighted by atomic mass is 15.2. The Labute approximate surface area is 76.3 Å². The van der Waals surface area contributed by atoms with E-state index in [1.54, 1.807) is 0 Å². The average molecular weight is 170 g/mol. The molecule has 1 saturated heterocycles. The molecule has 0 aliphatic carbocycles. The maximum atomic E-state index is 3.24. The Hall–Kier alpha value is -0.0800. The van der Waals surface area contributed by atoms with Crippen molar-refractivity contribution >= 4 is 0 Å². The van der Waals surface area contributed by atoms with Crippen molar-refractivity contribution in [3.63, 3.8) is 0 Å². The lowest BCUT2D eigenvalue weighted by Crippen LogP contribution is -2.39. The van der Waals surface area contributed by atoms with Crippen molar-refractivity contribution in [2.75, 3.05) is 26.7 Å². The summed E-state index contributed by atoms with van der Waals surface area (Å²) >= 11 is 0. The second-order valence-corrected chi connectivity index (χ2v) is 3.86. The van der Waals surface area contributed by atoms with Crippen molar-refractivity contribution in [2.24, 2.45) is 0 Å². The highest BCUT2D eigenvalue weighted by Gasteiger charge is 2.14. The van der Waals surface area contributed by atoms with Crippen LogP contribution in [0.25, 0.3) is 0 Å². The third-order valence-electron chi connectivity index (χ3n) is 2.76. The topological polar surface area (TPSA) is 15.3 Å². The van der Waals surface area contributed by atoms with Crippen LogP contribution >= 0.6 is 0 Å². The zero-order valence-corrected chi connectivity index (χ0v) is 8.47. The van der Waals surface area contributed by atoms with E-state index in [-0.39, 0.29) is 0 Å². The van der Waals surface area contributed by atoms with Crippen LogP contribution < -0.4 is 5.32 Å². The third-order valence-corrected chi connectivity index (χ3v) is 2.76. The molecule has 1 unspecified atom stereocenters. The smallest absolute Gasteiger partial charge is 0.0192 e. The quantitative estimate of drug-likeness (QED) is 0.690. The minimum absolute atomic E-state index is 0.716. The Bertz CT molecular complexity index is 106. The molecule has 2 nitrogen and oxygen atoms in total. The standard InChI is InChI=1S/C10H22N2/c1-10(9-11-2)12-7-5-3-4-6-8-12/h10-11H,3-9H2,1-2H3. The van der Waals surface area contributed by atoms with E-state index in [9.17, 15) is 0 Å². The largest absolute Gasteiger partial charge is 0.318 e. The van der Waals surface area contributed by atoms with Crippen LogP contribution in [0.4, 0.5) is 0 Å². The van der Waals surface area contributed by atoms with Crippen molar-refractivity contribution in [3.8, 4) is 0 Å². The summed E-state index contributed by atoms with van der Waals surface area (Å²) in [5.41, 5.74) is 0. The number of likely N-dealkylation sites (N-methyl/N-ethyl adjacent to an activating group) is 1. The molecule has 1 heterocycles. The molecule has 1 N–H and O–H groups in total. The van der Waals surface area contributed by atoms with Crippen molar-refractivity contribution in [3.05, 3.63) is 0 Å². The molecule has 0 radical (unpaired) electrons. The summed E-state index contributed by atoms with van der Waals surface area (Å²) in [4.78, 5) is 2.61. The maximum Gasteiger partial charge on any atom is 0.0192 e. The van der Waals surface area contributed by atoms with E-state index in [4.69, 9.17) is 0 Å². The summed E-state index contributed by atoms with van der Waals surface area (Å²) in [6.07, 6.45) is 5.66. The SMILES string of the molecule is CNCC(C)N1CCCCCC1. The molecule has 0 bridgehead atoms. The number of hydrogen-bond donors (Lipinski definition) is 1. The first kappa shape index (κ1) is 10.0. The lowest BCUT2D eigenvalue weighted by molar-refractivity contribution is 0.215. The zero-order valence-electron chi connectivity index (χ0n) is 8.47. The van der Waals surface area contributed by atoms with Crippen LogP contribution in [0.1, 0.15) is 32.6 Å². The molecule has 2 heteroatoms. The highest BCUT2D eigenvalue weighted by molar-refractivity contribution is 4.71. The number of nitrogens with one attached hydrogen (secondary N) is 1. The van der Waals surface area contributed by atoms with Crippen molar-refractivity contribution in [1.82, 2.24) is 10.2 Å². The Balaban J connectivity index is 2.27.